The SMILES string of the molecule is CN=C(NCCN1CCCCC1)NCc1nc(-c2cccc(Cl)c2)no1.I. The summed E-state index contributed by atoms with van der Waals surface area (Å²) in [5, 5.41) is 11.2. The monoisotopic (exact) mass is 504 g/mol. The van der Waals surface area contributed by atoms with Crippen molar-refractivity contribution in [1.82, 2.24) is 25.7 Å². The van der Waals surface area contributed by atoms with E-state index in [1.165, 1.54) is 32.4 Å². The van der Waals surface area contributed by atoms with Crippen molar-refractivity contribution in [3.8, 4) is 11.4 Å². The minimum absolute atomic E-state index is 0. The maximum absolute atomic E-state index is 6.00. The molecule has 2 heterocycles. The Morgan fingerprint density at radius 3 is 2.81 bits per heavy atom. The lowest BCUT2D eigenvalue weighted by Crippen LogP contribution is -2.42. The number of rotatable bonds is 6. The minimum atomic E-state index is 0. The zero-order valence-corrected chi connectivity index (χ0v) is 18.5. The highest BCUT2D eigenvalue weighted by molar-refractivity contribution is 14.0. The van der Waals surface area contributed by atoms with Gasteiger partial charge in [-0.25, -0.2) is 0 Å². The van der Waals surface area contributed by atoms with Crippen molar-refractivity contribution < 1.29 is 4.52 Å². The number of aliphatic imine (C=N–C) groups is 1. The molecule has 0 spiro atoms. The van der Waals surface area contributed by atoms with Crippen molar-refractivity contribution in [2.45, 2.75) is 25.8 Å². The number of likely N-dealkylation sites (tertiary alicyclic amines) is 1. The molecule has 0 radical (unpaired) electrons. The maximum atomic E-state index is 6.00. The molecule has 0 amide bonds. The van der Waals surface area contributed by atoms with Gasteiger partial charge in [-0.3, -0.25) is 4.99 Å². The molecular weight excluding hydrogens is 479 g/mol. The second-order valence-corrected chi connectivity index (χ2v) is 6.71. The first-order valence-corrected chi connectivity index (χ1v) is 9.38. The van der Waals surface area contributed by atoms with Gasteiger partial charge in [0.05, 0.1) is 6.54 Å². The molecule has 2 N–H and O–H groups in total. The summed E-state index contributed by atoms with van der Waals surface area (Å²) in [5.41, 5.74) is 0.830. The molecule has 1 aliphatic heterocycles. The standard InChI is InChI=1S/C18H25ClN6O.HI/c1-20-18(21-8-11-25-9-3-2-4-10-25)22-13-16-23-17(24-26-16)14-6-5-7-15(19)12-14;/h5-7,12H,2-4,8-11,13H2,1H3,(H2,20,21,22);1H. The number of piperidine rings is 1. The van der Waals surface area contributed by atoms with Crippen molar-refractivity contribution in [3.05, 3.63) is 35.2 Å². The van der Waals surface area contributed by atoms with Crippen LogP contribution in [-0.4, -0.2) is 54.2 Å². The second kappa shape index (κ2) is 11.5. The van der Waals surface area contributed by atoms with E-state index in [1.807, 2.05) is 24.3 Å². The molecule has 0 saturated carbocycles. The lowest BCUT2D eigenvalue weighted by Gasteiger charge is -2.26. The number of benzene rings is 1. The number of guanidine groups is 1. The van der Waals surface area contributed by atoms with E-state index >= 15 is 0 Å². The van der Waals surface area contributed by atoms with E-state index in [0.29, 0.717) is 23.3 Å². The van der Waals surface area contributed by atoms with Crippen molar-refractivity contribution in [3.63, 3.8) is 0 Å². The molecule has 0 aliphatic carbocycles. The molecule has 1 aromatic carbocycles. The van der Waals surface area contributed by atoms with Gasteiger partial charge in [-0.15, -0.1) is 24.0 Å². The molecule has 3 rings (SSSR count). The van der Waals surface area contributed by atoms with E-state index in [4.69, 9.17) is 16.1 Å². The quantitative estimate of drug-likeness (QED) is 0.357. The summed E-state index contributed by atoms with van der Waals surface area (Å²) in [4.78, 5) is 11.1. The van der Waals surface area contributed by atoms with Gasteiger partial charge in [0.15, 0.2) is 5.96 Å². The first-order valence-electron chi connectivity index (χ1n) is 9.00. The predicted octanol–water partition coefficient (Wildman–Crippen LogP) is 3.16. The molecule has 7 nitrogen and oxygen atoms in total. The van der Waals surface area contributed by atoms with Gasteiger partial charge in [0.25, 0.3) is 0 Å². The van der Waals surface area contributed by atoms with Gasteiger partial charge < -0.3 is 20.1 Å². The molecule has 0 atom stereocenters. The largest absolute Gasteiger partial charge is 0.355 e. The Morgan fingerprint density at radius 2 is 2.07 bits per heavy atom. The fraction of sp³-hybridized carbons (Fsp3) is 0.500. The highest BCUT2D eigenvalue weighted by Crippen LogP contribution is 2.19. The third kappa shape index (κ3) is 6.93. The zero-order valence-electron chi connectivity index (χ0n) is 15.4. The summed E-state index contributed by atoms with van der Waals surface area (Å²) in [6.45, 7) is 4.69. The highest BCUT2D eigenvalue weighted by atomic mass is 127. The molecule has 148 valence electrons. The summed E-state index contributed by atoms with van der Waals surface area (Å²) < 4.78 is 5.30. The van der Waals surface area contributed by atoms with Gasteiger partial charge in [-0.05, 0) is 38.1 Å². The predicted molar refractivity (Wildman–Crippen MR) is 119 cm³/mol. The second-order valence-electron chi connectivity index (χ2n) is 6.28. The summed E-state index contributed by atoms with van der Waals surface area (Å²) in [7, 11) is 1.75. The van der Waals surface area contributed by atoms with Gasteiger partial charge >= 0.3 is 0 Å². The third-order valence-corrected chi connectivity index (χ3v) is 4.59. The van der Waals surface area contributed by atoms with Crippen LogP contribution in [0.25, 0.3) is 11.4 Å². The Hall–Kier alpha value is -1.39. The van der Waals surface area contributed by atoms with Gasteiger partial charge in [0.2, 0.25) is 11.7 Å². The number of hydrogen-bond donors (Lipinski definition) is 2. The number of hydrogen-bond acceptors (Lipinski definition) is 5. The normalized spacial score (nSPS) is 15.3. The zero-order chi connectivity index (χ0) is 18.2. The lowest BCUT2D eigenvalue weighted by atomic mass is 10.1. The van der Waals surface area contributed by atoms with Crippen molar-refractivity contribution in [1.29, 1.82) is 0 Å². The van der Waals surface area contributed by atoms with E-state index < -0.39 is 0 Å². The Morgan fingerprint density at radius 1 is 1.26 bits per heavy atom. The Bertz CT molecular complexity index is 732. The van der Waals surface area contributed by atoms with Crippen LogP contribution in [0, 0.1) is 0 Å². The van der Waals surface area contributed by atoms with Crippen LogP contribution in [0.2, 0.25) is 5.02 Å². The van der Waals surface area contributed by atoms with Crippen molar-refractivity contribution in [2.75, 3.05) is 33.2 Å². The summed E-state index contributed by atoms with van der Waals surface area (Å²) in [6.07, 6.45) is 3.96. The molecular formula is C18H26ClIN6O. The Kier molecular flexibility index (Phi) is 9.29. The van der Waals surface area contributed by atoms with E-state index in [1.54, 1.807) is 7.05 Å². The number of nitrogens with one attached hydrogen (secondary N) is 2. The lowest BCUT2D eigenvalue weighted by molar-refractivity contribution is 0.232. The van der Waals surface area contributed by atoms with E-state index in [2.05, 4.69) is 30.7 Å². The van der Waals surface area contributed by atoms with Crippen LogP contribution in [0.15, 0.2) is 33.8 Å². The average Bonchev–Trinajstić information content (AvgIpc) is 3.14. The molecule has 1 aromatic heterocycles. The Balaban J connectivity index is 0.00000261. The summed E-state index contributed by atoms with van der Waals surface area (Å²) in [5.74, 6) is 1.75. The van der Waals surface area contributed by atoms with Gasteiger partial charge in [-0.2, -0.15) is 4.98 Å². The van der Waals surface area contributed by atoms with Crippen LogP contribution in [0.5, 0.6) is 0 Å². The molecule has 27 heavy (non-hydrogen) atoms. The van der Waals surface area contributed by atoms with E-state index in [0.717, 1.165) is 24.6 Å². The molecule has 0 unspecified atom stereocenters. The molecule has 9 heteroatoms. The average molecular weight is 505 g/mol. The van der Waals surface area contributed by atoms with Crippen LogP contribution in [0.3, 0.4) is 0 Å². The minimum Gasteiger partial charge on any atom is -0.355 e. The van der Waals surface area contributed by atoms with Crippen LogP contribution in [0.1, 0.15) is 25.2 Å². The number of halogens is 2. The molecule has 1 saturated heterocycles. The fourth-order valence-corrected chi connectivity index (χ4v) is 3.16. The van der Waals surface area contributed by atoms with Gasteiger partial charge in [0, 0.05) is 30.7 Å². The first kappa shape index (κ1) is 21.9. The van der Waals surface area contributed by atoms with Crippen molar-refractivity contribution in [2.24, 2.45) is 4.99 Å². The van der Waals surface area contributed by atoms with E-state index in [-0.39, 0.29) is 24.0 Å². The van der Waals surface area contributed by atoms with Crippen LogP contribution in [-0.2, 0) is 6.54 Å². The fourth-order valence-electron chi connectivity index (χ4n) is 2.97. The highest BCUT2D eigenvalue weighted by Gasteiger charge is 2.11. The van der Waals surface area contributed by atoms with Gasteiger partial charge in [-0.1, -0.05) is 35.3 Å². The molecule has 1 fully saturated rings. The van der Waals surface area contributed by atoms with Crippen molar-refractivity contribution >= 4 is 41.5 Å². The van der Waals surface area contributed by atoms with Crippen LogP contribution in [0.4, 0.5) is 0 Å². The maximum Gasteiger partial charge on any atom is 0.246 e. The molecule has 1 aliphatic rings. The number of aromatic nitrogens is 2. The topological polar surface area (TPSA) is 78.6 Å². The smallest absolute Gasteiger partial charge is 0.246 e. The summed E-state index contributed by atoms with van der Waals surface area (Å²) in [6, 6.07) is 7.38. The summed E-state index contributed by atoms with van der Waals surface area (Å²) >= 11 is 6.00. The third-order valence-electron chi connectivity index (χ3n) is 4.35. The first-order chi connectivity index (χ1) is 12.7. The molecule has 2 aromatic rings. The molecule has 0 bridgehead atoms. The van der Waals surface area contributed by atoms with E-state index in [9.17, 15) is 0 Å². The van der Waals surface area contributed by atoms with Gasteiger partial charge in [0.1, 0.15) is 0 Å². The number of nitrogens with zero attached hydrogens (tertiary/aromatic N) is 4. The Labute approximate surface area is 182 Å². The van der Waals surface area contributed by atoms with Crippen LogP contribution >= 0.6 is 35.6 Å². The van der Waals surface area contributed by atoms with Crippen LogP contribution < -0.4 is 10.6 Å².